The van der Waals surface area contributed by atoms with Gasteiger partial charge in [0.05, 0.1) is 0 Å². The number of ether oxygens (including phenoxy) is 3. The van der Waals surface area contributed by atoms with Crippen molar-refractivity contribution in [2.75, 3.05) is 0 Å². The van der Waals surface area contributed by atoms with Crippen molar-refractivity contribution in [3.05, 3.63) is 50.6 Å². The van der Waals surface area contributed by atoms with Gasteiger partial charge in [-0.25, -0.2) is 0 Å². The van der Waals surface area contributed by atoms with Gasteiger partial charge in [0.2, 0.25) is 11.2 Å². The molecule has 0 aliphatic carbocycles. The first-order valence-electron chi connectivity index (χ1n) is 8.06. The maximum atomic E-state index is 12.3. The predicted molar refractivity (Wildman–Crippen MR) is 99.8 cm³/mol. The lowest BCUT2D eigenvalue weighted by molar-refractivity contribution is -0.187. The van der Waals surface area contributed by atoms with Gasteiger partial charge in [0.1, 0.15) is 12.2 Å². The summed E-state index contributed by atoms with van der Waals surface area (Å²) >= 11 is 0. The SMILES string of the molecule is C=CC(OC(C=C)C(C=C)(OC(C)=O)C(C)=O)C(C=C)(OC(C)=O)C(C)=O. The number of rotatable bonds is 12. The Balaban J connectivity index is 6.30. The van der Waals surface area contributed by atoms with Crippen LogP contribution in [0, 0.1) is 0 Å². The summed E-state index contributed by atoms with van der Waals surface area (Å²) in [5.41, 5.74) is -3.79. The van der Waals surface area contributed by atoms with Crippen molar-refractivity contribution in [2.45, 2.75) is 51.1 Å². The number of hydrogen-bond acceptors (Lipinski definition) is 7. The molecule has 0 fully saturated rings. The Kier molecular flexibility index (Phi) is 8.76. The lowest BCUT2D eigenvalue weighted by Crippen LogP contribution is -2.56. The van der Waals surface area contributed by atoms with E-state index in [1.165, 1.54) is 26.0 Å². The fourth-order valence-corrected chi connectivity index (χ4v) is 2.56. The first-order valence-corrected chi connectivity index (χ1v) is 8.06. The van der Waals surface area contributed by atoms with E-state index in [9.17, 15) is 19.2 Å². The minimum Gasteiger partial charge on any atom is -0.444 e. The monoisotopic (exact) mass is 378 g/mol. The maximum absolute atomic E-state index is 12.3. The number of ketones is 2. The maximum Gasteiger partial charge on any atom is 0.304 e. The van der Waals surface area contributed by atoms with Crippen molar-refractivity contribution in [3.8, 4) is 0 Å². The van der Waals surface area contributed by atoms with Crippen molar-refractivity contribution >= 4 is 23.5 Å². The molecule has 0 radical (unpaired) electrons. The van der Waals surface area contributed by atoms with Gasteiger partial charge in [-0.3, -0.25) is 19.2 Å². The lowest BCUT2D eigenvalue weighted by atomic mass is 9.88. The average molecular weight is 378 g/mol. The van der Waals surface area contributed by atoms with Gasteiger partial charge in [0, 0.05) is 13.8 Å². The highest BCUT2D eigenvalue weighted by atomic mass is 16.6. The van der Waals surface area contributed by atoms with Gasteiger partial charge in [-0.2, -0.15) is 0 Å². The van der Waals surface area contributed by atoms with Crippen molar-refractivity contribution in [2.24, 2.45) is 0 Å². The third kappa shape index (κ3) is 5.10. The Bertz CT molecular complexity index is 607. The van der Waals surface area contributed by atoms with Gasteiger partial charge in [-0.1, -0.05) is 25.3 Å². The summed E-state index contributed by atoms with van der Waals surface area (Å²) in [5, 5.41) is 0. The summed E-state index contributed by atoms with van der Waals surface area (Å²) in [5.74, 6) is -2.67. The molecule has 4 unspecified atom stereocenters. The van der Waals surface area contributed by atoms with Gasteiger partial charge >= 0.3 is 11.9 Å². The molecule has 4 atom stereocenters. The standard InChI is InChI=1S/C20H26O7/c1-9-17(19(11-3,13(5)21)26-15(7)23)25-18(10-2)20(12-4,14(6)22)27-16(8)24/h9-12,17-18H,1-4H2,5-8H3. The van der Waals surface area contributed by atoms with Crippen LogP contribution in [0.15, 0.2) is 50.6 Å². The second-order valence-corrected chi connectivity index (χ2v) is 5.74. The molecule has 0 saturated heterocycles. The van der Waals surface area contributed by atoms with Crippen LogP contribution in [0.25, 0.3) is 0 Å². The van der Waals surface area contributed by atoms with E-state index in [0.717, 1.165) is 26.0 Å². The van der Waals surface area contributed by atoms with Crippen molar-refractivity contribution in [3.63, 3.8) is 0 Å². The fraction of sp³-hybridized carbons (Fsp3) is 0.400. The molecule has 0 amide bonds. The fourth-order valence-electron chi connectivity index (χ4n) is 2.56. The number of carbonyl (C=O) groups excluding carboxylic acids is 4. The van der Waals surface area contributed by atoms with Crippen LogP contribution in [0.1, 0.15) is 27.7 Å². The quantitative estimate of drug-likeness (QED) is 0.380. The average Bonchev–Trinajstić information content (AvgIpc) is 2.58. The molecule has 0 N–H and O–H groups in total. The second kappa shape index (κ2) is 9.78. The molecule has 7 heteroatoms. The van der Waals surface area contributed by atoms with Crippen LogP contribution in [0.3, 0.4) is 0 Å². The van der Waals surface area contributed by atoms with Gasteiger partial charge in [0.25, 0.3) is 0 Å². The van der Waals surface area contributed by atoms with Crippen LogP contribution in [0.2, 0.25) is 0 Å². The van der Waals surface area contributed by atoms with Crippen molar-refractivity contribution in [1.29, 1.82) is 0 Å². The van der Waals surface area contributed by atoms with Crippen molar-refractivity contribution < 1.29 is 33.4 Å². The van der Waals surface area contributed by atoms with Gasteiger partial charge in [-0.15, -0.1) is 13.2 Å². The largest absolute Gasteiger partial charge is 0.444 e. The zero-order valence-electron chi connectivity index (χ0n) is 16.2. The Labute approximate surface area is 159 Å². The molecule has 0 aliphatic rings. The van der Waals surface area contributed by atoms with E-state index in [0.29, 0.717) is 0 Å². The molecule has 0 bridgehead atoms. The number of hydrogen-bond donors (Lipinski definition) is 0. The normalized spacial score (nSPS) is 17.0. The van der Waals surface area contributed by atoms with Crippen molar-refractivity contribution in [1.82, 2.24) is 0 Å². The zero-order valence-corrected chi connectivity index (χ0v) is 16.2. The smallest absolute Gasteiger partial charge is 0.304 e. The molecular weight excluding hydrogens is 352 g/mol. The van der Waals surface area contributed by atoms with Gasteiger partial charge in [-0.05, 0) is 26.0 Å². The van der Waals surface area contributed by atoms with E-state index < -0.39 is 46.9 Å². The highest BCUT2D eigenvalue weighted by molar-refractivity contribution is 5.91. The summed E-state index contributed by atoms with van der Waals surface area (Å²) in [7, 11) is 0. The molecular formula is C20H26O7. The summed E-state index contributed by atoms with van der Waals surface area (Å²) in [6.07, 6.45) is 2.13. The summed E-state index contributed by atoms with van der Waals surface area (Å²) in [6, 6.07) is 0. The summed E-state index contributed by atoms with van der Waals surface area (Å²) < 4.78 is 16.2. The molecule has 0 aliphatic heterocycles. The minimum atomic E-state index is -1.89. The van der Waals surface area contributed by atoms with Crippen LogP contribution in [-0.4, -0.2) is 46.9 Å². The Morgan fingerprint density at radius 2 is 1.00 bits per heavy atom. The molecule has 0 aromatic rings. The molecule has 0 aromatic heterocycles. The molecule has 148 valence electrons. The minimum absolute atomic E-state index is 0.583. The van der Waals surface area contributed by atoms with E-state index in [4.69, 9.17) is 14.2 Å². The number of Topliss-reactive ketones (excluding diaryl/α,β-unsaturated/α-hetero) is 2. The lowest BCUT2D eigenvalue weighted by Gasteiger charge is -2.39. The van der Waals surface area contributed by atoms with Crippen LogP contribution in [0.5, 0.6) is 0 Å². The summed E-state index contributed by atoms with van der Waals surface area (Å²) in [6.45, 7) is 18.9. The van der Waals surface area contributed by atoms with E-state index in [1.807, 2.05) is 0 Å². The van der Waals surface area contributed by atoms with E-state index in [2.05, 4.69) is 26.3 Å². The third-order valence-corrected chi connectivity index (χ3v) is 3.90. The zero-order chi connectivity index (χ0) is 21.4. The van der Waals surface area contributed by atoms with Crippen LogP contribution >= 0.6 is 0 Å². The molecule has 0 aromatic carbocycles. The first kappa shape index (κ1) is 24.2. The molecule has 27 heavy (non-hydrogen) atoms. The highest BCUT2D eigenvalue weighted by Crippen LogP contribution is 2.30. The highest BCUT2D eigenvalue weighted by Gasteiger charge is 2.50. The van der Waals surface area contributed by atoms with E-state index >= 15 is 0 Å². The number of esters is 2. The van der Waals surface area contributed by atoms with Crippen LogP contribution in [0.4, 0.5) is 0 Å². The Morgan fingerprint density at radius 1 is 0.704 bits per heavy atom. The summed E-state index contributed by atoms with van der Waals surface area (Å²) in [4.78, 5) is 47.6. The topological polar surface area (TPSA) is 96.0 Å². The Hall–Kier alpha value is -2.80. The predicted octanol–water partition coefficient (Wildman–Crippen LogP) is 2.27. The van der Waals surface area contributed by atoms with E-state index in [1.54, 1.807) is 0 Å². The molecule has 7 nitrogen and oxygen atoms in total. The van der Waals surface area contributed by atoms with E-state index in [-0.39, 0.29) is 0 Å². The van der Waals surface area contributed by atoms with Gasteiger partial charge in [0.15, 0.2) is 11.6 Å². The molecule has 0 spiro atoms. The van der Waals surface area contributed by atoms with Crippen LogP contribution in [-0.2, 0) is 33.4 Å². The third-order valence-electron chi connectivity index (χ3n) is 3.90. The molecule has 0 saturated carbocycles. The Morgan fingerprint density at radius 3 is 1.15 bits per heavy atom. The second-order valence-electron chi connectivity index (χ2n) is 5.74. The molecule has 0 rings (SSSR count). The van der Waals surface area contributed by atoms with Gasteiger partial charge < -0.3 is 14.2 Å². The van der Waals surface area contributed by atoms with Crippen LogP contribution < -0.4 is 0 Å². The number of carbonyl (C=O) groups is 4. The first-order chi connectivity index (χ1) is 12.5. The molecule has 0 heterocycles.